The molecule has 2 aliphatic heterocycles. The van der Waals surface area contributed by atoms with Gasteiger partial charge >= 0.3 is 30.1 Å². The number of hydrogen-bond donors (Lipinski definition) is 3. The Morgan fingerprint density at radius 1 is 0.487 bits per heavy atom. The minimum atomic E-state index is -3.85. The van der Waals surface area contributed by atoms with E-state index >= 15 is 0 Å². The minimum Gasteiger partial charge on any atom is -0.465 e. The maximum atomic E-state index is 13.3. The Balaban J connectivity index is 0.000000227. The number of nitrogens with one attached hydrogen (secondary N) is 2. The molecule has 30 nitrogen and oxygen atoms in total. The number of carboxylic acid groups (broad SMARTS) is 1. The summed E-state index contributed by atoms with van der Waals surface area (Å²) in [5.74, 6) is 8.57. The summed E-state index contributed by atoms with van der Waals surface area (Å²) in [6.07, 6.45) is 3.78. The van der Waals surface area contributed by atoms with Gasteiger partial charge in [0.25, 0.3) is 11.8 Å². The minimum absolute atomic E-state index is 0.0273. The SMILES string of the molecule is COC(=O)c1ccc(S(=O)(=O)Cc2ccn(C)n2)c(C#Cc2ccc(C(=O)NCCN3CCN(C(=O)O)C(C(C)(C)C)C3)cc2)c1.COC(=O)c1ccc(S(=O)(=O)Cc2ccn(C)n2)c(C#Cc2ccc(C(=O)NCCN3CCN(C(=O)OC(C)(C)C)CC3)cc2)c1.COC(=O)c1ccc(S(=O)(=O)Cc2ccn(C)n2)c(I)c1. The zero-order valence-electron chi connectivity index (χ0n) is 64.7. The highest BCUT2D eigenvalue weighted by molar-refractivity contribution is 14.1. The Morgan fingerprint density at radius 3 is 1.20 bits per heavy atom. The highest BCUT2D eigenvalue weighted by atomic mass is 127. The summed E-state index contributed by atoms with van der Waals surface area (Å²) in [6, 6.07) is 30.6. The molecular formula is C79H91IN12O18S3. The average Bonchev–Trinajstić information content (AvgIpc) is 1.05. The standard InChI is InChI=1S/2C33H39N5O7S.C13H13IN2O4S/c1-33(2,3)45-32(41)38-20-18-37(19-21-38)17-15-34-30(39)25-9-6-24(7-10-25)8-11-26-22-27(31(40)44-5)12-13-29(26)46(42,43)23-28-14-16-36(4)35-28;1-33(2,3)29-21-37(18-19-38(29)32(41)42)17-15-34-30(39)24-9-6-23(7-10-24)8-11-25-20-26(31(40)45-5)12-13-28(25)46(43,44)22-27-14-16-36(4)35-27;1-16-6-5-10(15-16)8-21(18,19)12-4-3-9(7-11(12)14)13(17)20-2/h6-7,9-10,12-14,16,22H,15,17-21,23H2,1-5H3,(H,34,39);6-7,9-10,12-14,16,20,29H,15,17-19,21-22H2,1-5H3,(H,34,39)(H,41,42);3-7H,8H2,1-2H3. The fourth-order valence-corrected chi connectivity index (χ4v) is 17.5. The molecule has 5 heterocycles. The molecular weight excluding hydrogens is 1630 g/mol. The summed E-state index contributed by atoms with van der Waals surface area (Å²) in [5.41, 5.74) is 3.39. The van der Waals surface area contributed by atoms with Crippen LogP contribution in [0.4, 0.5) is 9.59 Å². The maximum Gasteiger partial charge on any atom is 0.410 e. The molecule has 600 valence electrons. The van der Waals surface area contributed by atoms with Crippen LogP contribution in [0.5, 0.6) is 0 Å². The van der Waals surface area contributed by atoms with E-state index in [9.17, 15) is 63.9 Å². The first kappa shape index (κ1) is 87.8. The van der Waals surface area contributed by atoms with Crippen LogP contribution < -0.4 is 10.6 Å². The van der Waals surface area contributed by atoms with Gasteiger partial charge in [0, 0.05) is 149 Å². The molecule has 0 saturated carbocycles. The van der Waals surface area contributed by atoms with Crippen LogP contribution in [-0.4, -0.2) is 226 Å². The number of piperazine rings is 2. The van der Waals surface area contributed by atoms with Crippen molar-refractivity contribution in [3.8, 4) is 23.7 Å². The van der Waals surface area contributed by atoms with E-state index in [4.69, 9.17) is 14.2 Å². The quantitative estimate of drug-likeness (QED) is 0.0285. The number of amides is 4. The van der Waals surface area contributed by atoms with Gasteiger partial charge in [-0.15, -0.1) is 0 Å². The van der Waals surface area contributed by atoms with Crippen molar-refractivity contribution in [2.75, 3.05) is 93.3 Å². The smallest absolute Gasteiger partial charge is 0.410 e. The topological polar surface area (TPSA) is 370 Å². The maximum absolute atomic E-state index is 13.3. The lowest BCUT2D eigenvalue weighted by Gasteiger charge is -2.46. The second-order valence-electron chi connectivity index (χ2n) is 28.4. The van der Waals surface area contributed by atoms with Crippen molar-refractivity contribution < 1.29 is 82.9 Å². The Kier molecular flexibility index (Phi) is 30.0. The summed E-state index contributed by atoms with van der Waals surface area (Å²) < 4.78 is 103. The molecule has 0 aliphatic carbocycles. The van der Waals surface area contributed by atoms with Crippen LogP contribution in [0.15, 0.2) is 155 Å². The molecule has 34 heteroatoms. The molecule has 10 rings (SSSR count). The van der Waals surface area contributed by atoms with Crippen molar-refractivity contribution in [1.29, 1.82) is 0 Å². The van der Waals surface area contributed by atoms with E-state index in [1.165, 1.54) is 90.2 Å². The van der Waals surface area contributed by atoms with Crippen molar-refractivity contribution in [3.63, 3.8) is 0 Å². The van der Waals surface area contributed by atoms with Gasteiger partial charge in [-0.3, -0.25) is 33.4 Å². The van der Waals surface area contributed by atoms with Gasteiger partial charge in [-0.2, -0.15) is 15.3 Å². The van der Waals surface area contributed by atoms with Crippen LogP contribution >= 0.6 is 22.6 Å². The van der Waals surface area contributed by atoms with Gasteiger partial charge in [-0.05, 0) is 170 Å². The molecule has 1 unspecified atom stereocenters. The molecule has 0 bridgehead atoms. The molecule has 1 atom stereocenters. The van der Waals surface area contributed by atoms with Crippen molar-refractivity contribution in [1.82, 2.24) is 59.6 Å². The van der Waals surface area contributed by atoms with Gasteiger partial charge in [0.15, 0.2) is 29.5 Å². The number of rotatable bonds is 20. The fraction of sp³-hybridized carbons (Fsp3) is 0.367. The van der Waals surface area contributed by atoms with Gasteiger partial charge in [0.2, 0.25) is 0 Å². The van der Waals surface area contributed by atoms with Crippen LogP contribution in [0.1, 0.15) is 133 Å². The van der Waals surface area contributed by atoms with E-state index in [-0.39, 0.29) is 83.6 Å². The number of nitrogens with zero attached hydrogens (tertiary/aromatic N) is 10. The molecule has 0 radical (unpaired) electrons. The summed E-state index contributed by atoms with van der Waals surface area (Å²) >= 11 is 1.90. The van der Waals surface area contributed by atoms with E-state index in [0.717, 1.165) is 0 Å². The van der Waals surface area contributed by atoms with Crippen molar-refractivity contribution in [2.45, 2.75) is 85.1 Å². The molecule has 2 aliphatic rings. The normalized spacial score (nSPS) is 14.0. The Hall–Kier alpha value is -10.8. The summed E-state index contributed by atoms with van der Waals surface area (Å²) in [6.45, 7) is 17.8. The predicted molar refractivity (Wildman–Crippen MR) is 427 cm³/mol. The Bertz CT molecular complexity index is 5290. The van der Waals surface area contributed by atoms with Crippen LogP contribution in [0.3, 0.4) is 0 Å². The molecule has 5 aromatic carbocycles. The van der Waals surface area contributed by atoms with Gasteiger partial charge in [-0.25, -0.2) is 49.2 Å². The number of aromatic nitrogens is 6. The number of hydrogen-bond acceptors (Lipinski definition) is 22. The molecule has 113 heavy (non-hydrogen) atoms. The number of sulfone groups is 3. The van der Waals surface area contributed by atoms with E-state index in [1.54, 1.807) is 116 Å². The first-order chi connectivity index (χ1) is 53.2. The number of halogens is 1. The Labute approximate surface area is 671 Å². The molecule has 2 saturated heterocycles. The number of benzene rings is 5. The zero-order chi connectivity index (χ0) is 82.8. The number of carbonyl (C=O) groups is 7. The summed E-state index contributed by atoms with van der Waals surface area (Å²) in [7, 11) is -2.33. The van der Waals surface area contributed by atoms with E-state index < -0.39 is 59.1 Å². The second kappa shape index (κ2) is 38.6. The number of ether oxygens (including phenoxy) is 4. The van der Waals surface area contributed by atoms with E-state index in [0.29, 0.717) is 120 Å². The third-order valence-corrected chi connectivity index (χ3v) is 24.0. The molecule has 3 aromatic heterocycles. The van der Waals surface area contributed by atoms with E-state index in [1.807, 2.05) is 64.1 Å². The number of esters is 3. The third kappa shape index (κ3) is 25.4. The zero-order valence-corrected chi connectivity index (χ0v) is 69.3. The summed E-state index contributed by atoms with van der Waals surface area (Å²) in [5, 5.41) is 27.8. The number of methoxy groups -OCH3 is 3. The van der Waals surface area contributed by atoms with Crippen LogP contribution in [0.2, 0.25) is 0 Å². The van der Waals surface area contributed by atoms with Crippen molar-refractivity contribution >= 4 is 94.0 Å². The van der Waals surface area contributed by atoms with Crippen molar-refractivity contribution in [2.24, 2.45) is 26.6 Å². The fourth-order valence-electron chi connectivity index (χ4n) is 11.8. The van der Waals surface area contributed by atoms with Crippen molar-refractivity contribution in [3.05, 3.63) is 211 Å². The number of aryl methyl sites for hydroxylation is 3. The van der Waals surface area contributed by atoms with Gasteiger partial charge in [0.05, 0.1) is 93.1 Å². The lowest BCUT2D eigenvalue weighted by atomic mass is 9.84. The molecule has 4 amide bonds. The van der Waals surface area contributed by atoms with Gasteiger partial charge in [-0.1, -0.05) is 44.5 Å². The largest absolute Gasteiger partial charge is 0.465 e. The van der Waals surface area contributed by atoms with Gasteiger partial charge in [0.1, 0.15) is 5.60 Å². The van der Waals surface area contributed by atoms with Gasteiger partial charge < -0.3 is 44.5 Å². The second-order valence-corrected chi connectivity index (χ2v) is 35.4. The highest BCUT2D eigenvalue weighted by Crippen LogP contribution is 2.30. The van der Waals surface area contributed by atoms with Crippen LogP contribution in [0, 0.1) is 32.7 Å². The lowest BCUT2D eigenvalue weighted by molar-refractivity contribution is 0.0146. The third-order valence-electron chi connectivity index (χ3n) is 17.6. The lowest BCUT2D eigenvalue weighted by Crippen LogP contribution is -2.60. The van der Waals surface area contributed by atoms with Crippen LogP contribution in [-0.2, 0) is 86.9 Å². The Morgan fingerprint density at radius 2 is 0.850 bits per heavy atom. The predicted octanol–water partition coefficient (Wildman–Crippen LogP) is 7.67. The molecule has 3 N–H and O–H groups in total. The summed E-state index contributed by atoms with van der Waals surface area (Å²) in [4.78, 5) is 92.9. The average molecular weight is 1720 g/mol. The first-order valence-electron chi connectivity index (χ1n) is 35.4. The molecule has 8 aromatic rings. The van der Waals surface area contributed by atoms with Crippen LogP contribution in [0.25, 0.3) is 0 Å². The first-order valence-corrected chi connectivity index (χ1v) is 41.5. The monoisotopic (exact) mass is 1720 g/mol. The molecule has 0 spiro atoms. The molecule has 2 fully saturated rings. The highest BCUT2D eigenvalue weighted by Gasteiger charge is 2.38. The number of carbonyl (C=O) groups excluding carboxylic acids is 6. The van der Waals surface area contributed by atoms with E-state index in [2.05, 4.69) is 64.1 Å².